The highest BCUT2D eigenvalue weighted by atomic mass is 16.5. The van der Waals surface area contributed by atoms with E-state index in [1.54, 1.807) is 34.5 Å². The van der Waals surface area contributed by atoms with E-state index in [0.29, 0.717) is 40.7 Å². The van der Waals surface area contributed by atoms with Crippen LogP contribution in [0.25, 0.3) is 0 Å². The summed E-state index contributed by atoms with van der Waals surface area (Å²) in [5.41, 5.74) is 2.35. The lowest BCUT2D eigenvalue weighted by atomic mass is 9.91. The van der Waals surface area contributed by atoms with Crippen molar-refractivity contribution in [3.8, 4) is 28.7 Å². The second-order valence-electron chi connectivity index (χ2n) is 5.90. The first kappa shape index (κ1) is 17.9. The molecule has 2 aromatic carbocycles. The summed E-state index contributed by atoms with van der Waals surface area (Å²) in [6, 6.07) is 7.39. The second-order valence-corrected chi connectivity index (χ2v) is 5.90. The normalized spacial score (nSPS) is 15.4. The Morgan fingerprint density at radius 2 is 1.42 bits per heavy atom. The Balaban J connectivity index is 2.20. The van der Waals surface area contributed by atoms with Crippen LogP contribution in [0.3, 0.4) is 0 Å². The van der Waals surface area contributed by atoms with Gasteiger partial charge in [-0.1, -0.05) is 6.07 Å². The molecule has 0 heterocycles. The van der Waals surface area contributed by atoms with Crippen LogP contribution in [0, 0.1) is 0 Å². The Labute approximate surface area is 152 Å². The average molecular weight is 358 g/mol. The molecule has 26 heavy (non-hydrogen) atoms. The summed E-state index contributed by atoms with van der Waals surface area (Å²) in [5.74, 6) is 2.61. The molecule has 0 radical (unpaired) electrons. The third-order valence-corrected chi connectivity index (χ3v) is 4.72. The molecule has 0 saturated carbocycles. The number of carbonyl (C=O) groups is 1. The summed E-state index contributed by atoms with van der Waals surface area (Å²) in [4.78, 5) is 12.7. The number of benzene rings is 2. The Hall–Kier alpha value is -2.89. The molecule has 0 aliphatic heterocycles. The molecule has 1 atom stereocenters. The molecule has 138 valence electrons. The van der Waals surface area contributed by atoms with Gasteiger partial charge in [0.15, 0.2) is 28.8 Å². The van der Waals surface area contributed by atoms with Gasteiger partial charge in [-0.15, -0.1) is 0 Å². The van der Waals surface area contributed by atoms with Gasteiger partial charge >= 0.3 is 0 Å². The van der Waals surface area contributed by atoms with E-state index in [0.717, 1.165) is 11.1 Å². The van der Waals surface area contributed by atoms with Crippen LogP contribution in [-0.2, 0) is 0 Å². The van der Waals surface area contributed by atoms with Crippen molar-refractivity contribution in [2.45, 2.75) is 12.3 Å². The van der Waals surface area contributed by atoms with Crippen molar-refractivity contribution in [3.05, 3.63) is 41.0 Å². The highest BCUT2D eigenvalue weighted by Crippen LogP contribution is 2.51. The molecule has 6 heteroatoms. The minimum Gasteiger partial charge on any atom is -0.493 e. The van der Waals surface area contributed by atoms with Crippen molar-refractivity contribution >= 4 is 5.78 Å². The van der Waals surface area contributed by atoms with Crippen molar-refractivity contribution in [2.24, 2.45) is 0 Å². The van der Waals surface area contributed by atoms with E-state index in [2.05, 4.69) is 0 Å². The first-order chi connectivity index (χ1) is 12.6. The molecular formula is C20H22O6. The lowest BCUT2D eigenvalue weighted by molar-refractivity contribution is 0.0991. The van der Waals surface area contributed by atoms with Crippen LogP contribution >= 0.6 is 0 Å². The van der Waals surface area contributed by atoms with E-state index in [-0.39, 0.29) is 11.7 Å². The maximum absolute atomic E-state index is 12.7. The summed E-state index contributed by atoms with van der Waals surface area (Å²) in [5, 5.41) is 0. The van der Waals surface area contributed by atoms with E-state index in [9.17, 15) is 4.79 Å². The summed E-state index contributed by atoms with van der Waals surface area (Å²) < 4.78 is 27.2. The summed E-state index contributed by atoms with van der Waals surface area (Å²) in [6.45, 7) is 0. The van der Waals surface area contributed by atoms with Gasteiger partial charge in [0.1, 0.15) is 0 Å². The molecule has 1 aliphatic carbocycles. The Morgan fingerprint density at radius 3 is 2.00 bits per heavy atom. The van der Waals surface area contributed by atoms with Crippen LogP contribution in [0.1, 0.15) is 33.8 Å². The van der Waals surface area contributed by atoms with Crippen LogP contribution in [0.4, 0.5) is 0 Å². The van der Waals surface area contributed by atoms with Crippen molar-refractivity contribution < 1.29 is 28.5 Å². The molecule has 0 aromatic heterocycles. The van der Waals surface area contributed by atoms with Gasteiger partial charge in [0.2, 0.25) is 5.75 Å². The molecule has 3 rings (SSSR count). The summed E-state index contributed by atoms with van der Waals surface area (Å²) in [6.07, 6.45) is 0.345. The van der Waals surface area contributed by atoms with Gasteiger partial charge in [0.25, 0.3) is 0 Å². The number of ketones is 1. The molecule has 1 aliphatic rings. The van der Waals surface area contributed by atoms with E-state index in [1.165, 1.54) is 7.11 Å². The SMILES string of the molecule is COc1ccc(C2CC(=O)c3cc(OC)c(OC)c(OC)c32)cc1OC. The zero-order valence-electron chi connectivity index (χ0n) is 15.5. The van der Waals surface area contributed by atoms with E-state index >= 15 is 0 Å². The molecule has 0 spiro atoms. The molecule has 1 unspecified atom stereocenters. The maximum Gasteiger partial charge on any atom is 0.203 e. The fraction of sp³-hybridized carbons (Fsp3) is 0.350. The maximum atomic E-state index is 12.7. The molecule has 0 amide bonds. The van der Waals surface area contributed by atoms with Crippen LogP contribution in [-0.4, -0.2) is 41.3 Å². The molecule has 0 bridgehead atoms. The molecule has 6 nitrogen and oxygen atoms in total. The molecular weight excluding hydrogens is 336 g/mol. The zero-order chi connectivity index (χ0) is 18.8. The lowest BCUT2D eigenvalue weighted by Crippen LogP contribution is -2.03. The summed E-state index contributed by atoms with van der Waals surface area (Å²) in [7, 11) is 7.83. The molecule has 2 aromatic rings. The monoisotopic (exact) mass is 358 g/mol. The number of hydrogen-bond donors (Lipinski definition) is 0. The van der Waals surface area contributed by atoms with E-state index in [4.69, 9.17) is 23.7 Å². The van der Waals surface area contributed by atoms with Gasteiger partial charge < -0.3 is 23.7 Å². The fourth-order valence-corrected chi connectivity index (χ4v) is 3.51. The second kappa shape index (κ2) is 7.15. The van der Waals surface area contributed by atoms with Crippen molar-refractivity contribution in [1.82, 2.24) is 0 Å². The third kappa shape index (κ3) is 2.71. The highest BCUT2D eigenvalue weighted by molar-refractivity contribution is 6.03. The Bertz CT molecular complexity index is 843. The van der Waals surface area contributed by atoms with Crippen molar-refractivity contribution in [1.29, 1.82) is 0 Å². The van der Waals surface area contributed by atoms with Gasteiger partial charge in [-0.05, 0) is 23.8 Å². The molecule has 0 saturated heterocycles. The largest absolute Gasteiger partial charge is 0.493 e. The number of fused-ring (bicyclic) bond motifs is 1. The van der Waals surface area contributed by atoms with Crippen LogP contribution in [0.15, 0.2) is 24.3 Å². The Kier molecular flexibility index (Phi) is 4.93. The number of methoxy groups -OCH3 is 5. The third-order valence-electron chi connectivity index (χ3n) is 4.72. The first-order valence-electron chi connectivity index (χ1n) is 8.17. The number of rotatable bonds is 6. The van der Waals surface area contributed by atoms with E-state index < -0.39 is 0 Å². The fourth-order valence-electron chi connectivity index (χ4n) is 3.51. The zero-order valence-corrected chi connectivity index (χ0v) is 15.5. The van der Waals surface area contributed by atoms with Gasteiger partial charge in [-0.3, -0.25) is 4.79 Å². The minimum absolute atomic E-state index is 0.0408. The quantitative estimate of drug-likeness (QED) is 0.788. The number of Topliss-reactive ketones (excluding diaryl/α,β-unsaturated/α-hetero) is 1. The lowest BCUT2D eigenvalue weighted by Gasteiger charge is -2.20. The van der Waals surface area contributed by atoms with Crippen molar-refractivity contribution in [3.63, 3.8) is 0 Å². The van der Waals surface area contributed by atoms with Gasteiger partial charge in [0, 0.05) is 23.5 Å². The van der Waals surface area contributed by atoms with Crippen LogP contribution in [0.2, 0.25) is 0 Å². The van der Waals surface area contributed by atoms with Crippen LogP contribution in [0.5, 0.6) is 28.7 Å². The van der Waals surface area contributed by atoms with Crippen LogP contribution < -0.4 is 23.7 Å². The number of hydrogen-bond acceptors (Lipinski definition) is 6. The predicted octanol–water partition coefficient (Wildman–Crippen LogP) is 3.45. The standard InChI is InChI=1S/C20H22O6/c1-22-15-7-6-11(8-16(15)23-2)12-9-14(21)13-10-17(24-3)19(25-4)20(26-5)18(12)13/h6-8,10,12H,9H2,1-5H3. The first-order valence-corrected chi connectivity index (χ1v) is 8.17. The minimum atomic E-state index is -0.160. The summed E-state index contributed by atoms with van der Waals surface area (Å²) >= 11 is 0. The predicted molar refractivity (Wildman–Crippen MR) is 96.4 cm³/mol. The average Bonchev–Trinajstić information content (AvgIpc) is 3.01. The number of ether oxygens (including phenoxy) is 5. The van der Waals surface area contributed by atoms with Gasteiger partial charge in [-0.2, -0.15) is 0 Å². The molecule has 0 N–H and O–H groups in total. The molecule has 0 fully saturated rings. The van der Waals surface area contributed by atoms with Gasteiger partial charge in [-0.25, -0.2) is 0 Å². The smallest absolute Gasteiger partial charge is 0.203 e. The Morgan fingerprint density at radius 1 is 0.769 bits per heavy atom. The van der Waals surface area contributed by atoms with Gasteiger partial charge in [0.05, 0.1) is 35.5 Å². The van der Waals surface area contributed by atoms with Crippen molar-refractivity contribution in [2.75, 3.05) is 35.5 Å². The highest BCUT2D eigenvalue weighted by Gasteiger charge is 2.37. The topological polar surface area (TPSA) is 63.2 Å². The van der Waals surface area contributed by atoms with E-state index in [1.807, 2.05) is 18.2 Å². The number of carbonyl (C=O) groups excluding carboxylic acids is 1.